The topological polar surface area (TPSA) is 87.4 Å². The van der Waals surface area contributed by atoms with E-state index in [1.54, 1.807) is 24.5 Å². The molecule has 0 saturated carbocycles. The van der Waals surface area contributed by atoms with Crippen molar-refractivity contribution in [2.75, 3.05) is 6.54 Å². The van der Waals surface area contributed by atoms with Gasteiger partial charge in [-0.1, -0.05) is 43.0 Å². The second-order valence-electron chi connectivity index (χ2n) is 8.69. The summed E-state index contributed by atoms with van der Waals surface area (Å²) in [6, 6.07) is 7.48. The monoisotopic (exact) mass is 527 g/mol. The van der Waals surface area contributed by atoms with Gasteiger partial charge in [0.25, 0.3) is 0 Å². The minimum atomic E-state index is 0.499. The molecule has 0 spiro atoms. The van der Waals surface area contributed by atoms with Crippen molar-refractivity contribution in [3.05, 3.63) is 71.0 Å². The number of imidazole rings is 2. The quantitative estimate of drug-likeness (QED) is 0.182. The van der Waals surface area contributed by atoms with Crippen molar-refractivity contribution in [2.45, 2.75) is 66.0 Å². The van der Waals surface area contributed by atoms with Crippen molar-refractivity contribution in [1.82, 2.24) is 29.1 Å². The number of aryl methyl sites for hydroxylation is 2. The molecule has 0 aliphatic carbocycles. The predicted molar refractivity (Wildman–Crippen MR) is 148 cm³/mol. The second kappa shape index (κ2) is 14.1. The number of rotatable bonds is 10. The third-order valence-electron chi connectivity index (χ3n) is 6.06. The lowest BCUT2D eigenvalue weighted by atomic mass is 10.2. The molecule has 0 aromatic carbocycles. The summed E-state index contributed by atoms with van der Waals surface area (Å²) in [7, 11) is 0. The predicted octanol–water partition coefficient (Wildman–Crippen LogP) is 6.74. The number of pyridine rings is 2. The molecule has 2 N–H and O–H groups in total. The molecular weight excluding hydrogens is 493 g/mol. The van der Waals surface area contributed by atoms with E-state index < -0.39 is 0 Å². The van der Waals surface area contributed by atoms with Crippen LogP contribution in [0.2, 0.25) is 10.3 Å². The van der Waals surface area contributed by atoms with Crippen LogP contribution in [0.3, 0.4) is 0 Å². The molecule has 0 saturated heterocycles. The van der Waals surface area contributed by atoms with Gasteiger partial charge in [-0.05, 0) is 63.9 Å². The van der Waals surface area contributed by atoms with Crippen molar-refractivity contribution < 1.29 is 0 Å². The highest BCUT2D eigenvalue weighted by molar-refractivity contribution is 6.29. The van der Waals surface area contributed by atoms with E-state index in [-0.39, 0.29) is 0 Å². The summed E-state index contributed by atoms with van der Waals surface area (Å²) in [5, 5.41) is 1.01. The molecule has 36 heavy (non-hydrogen) atoms. The maximum absolute atomic E-state index is 5.79. The Kier molecular flexibility index (Phi) is 10.9. The lowest BCUT2D eigenvalue weighted by Gasteiger charge is -2.05. The molecular formula is C27H35Cl2N7. The number of unbranched alkanes of at least 4 members (excludes halogenated alkanes) is 3. The average molecular weight is 529 g/mol. The van der Waals surface area contributed by atoms with Gasteiger partial charge in [0.05, 0.1) is 24.0 Å². The third-order valence-corrected chi connectivity index (χ3v) is 6.50. The van der Waals surface area contributed by atoms with Crippen LogP contribution < -0.4 is 5.73 Å². The van der Waals surface area contributed by atoms with Crippen LogP contribution in [0.5, 0.6) is 0 Å². The first kappa shape index (κ1) is 27.8. The Bertz CT molecular complexity index is 1100. The van der Waals surface area contributed by atoms with Gasteiger partial charge in [-0.2, -0.15) is 0 Å². The Morgan fingerprint density at radius 3 is 1.56 bits per heavy atom. The van der Waals surface area contributed by atoms with Gasteiger partial charge in [0.15, 0.2) is 0 Å². The number of hydrogen-bond acceptors (Lipinski definition) is 5. The Morgan fingerprint density at radius 2 is 1.17 bits per heavy atom. The summed E-state index contributed by atoms with van der Waals surface area (Å²) in [4.78, 5) is 17.1. The van der Waals surface area contributed by atoms with Crippen molar-refractivity contribution in [2.24, 2.45) is 5.73 Å². The van der Waals surface area contributed by atoms with E-state index in [1.165, 1.54) is 25.0 Å². The summed E-state index contributed by atoms with van der Waals surface area (Å²) < 4.78 is 4.36. The molecule has 0 amide bonds. The lowest BCUT2D eigenvalue weighted by Crippen LogP contribution is -2.03. The summed E-state index contributed by atoms with van der Waals surface area (Å²) in [6.45, 7) is 9.11. The fraction of sp³-hybridized carbons (Fsp3) is 0.407. The average Bonchev–Trinajstić information content (AvgIpc) is 3.43. The first-order chi connectivity index (χ1) is 17.4. The first-order valence-electron chi connectivity index (χ1n) is 12.4. The van der Waals surface area contributed by atoms with Crippen molar-refractivity contribution in [3.63, 3.8) is 0 Å². The Labute approximate surface area is 223 Å². The van der Waals surface area contributed by atoms with Crippen LogP contribution in [0.15, 0.2) is 49.3 Å². The third kappa shape index (κ3) is 7.63. The highest BCUT2D eigenvalue weighted by atomic mass is 35.5. The molecule has 4 heterocycles. The Balaban J connectivity index is 0.000000201. The molecule has 0 aliphatic rings. The molecule has 9 heteroatoms. The van der Waals surface area contributed by atoms with Gasteiger partial charge in [-0.3, -0.25) is 0 Å². The Hall–Kier alpha value is -2.74. The van der Waals surface area contributed by atoms with Crippen LogP contribution in [-0.2, 0) is 13.1 Å². The largest absolute Gasteiger partial charge is 0.334 e. The van der Waals surface area contributed by atoms with Crippen LogP contribution in [0, 0.1) is 13.8 Å². The van der Waals surface area contributed by atoms with Gasteiger partial charge in [0.1, 0.15) is 10.3 Å². The van der Waals surface area contributed by atoms with Gasteiger partial charge >= 0.3 is 0 Å². The summed E-state index contributed by atoms with van der Waals surface area (Å²) in [5.41, 5.74) is 11.8. The van der Waals surface area contributed by atoms with E-state index >= 15 is 0 Å². The zero-order valence-electron chi connectivity index (χ0n) is 21.3. The Morgan fingerprint density at radius 1 is 0.694 bits per heavy atom. The molecule has 0 aliphatic heterocycles. The van der Waals surface area contributed by atoms with Crippen molar-refractivity contribution in [3.8, 4) is 22.5 Å². The van der Waals surface area contributed by atoms with Gasteiger partial charge in [0, 0.05) is 48.0 Å². The number of aromatic nitrogens is 6. The van der Waals surface area contributed by atoms with E-state index in [1.807, 2.05) is 24.8 Å². The van der Waals surface area contributed by atoms with Crippen molar-refractivity contribution in [1.29, 1.82) is 0 Å². The van der Waals surface area contributed by atoms with E-state index in [4.69, 9.17) is 28.9 Å². The number of halogens is 2. The van der Waals surface area contributed by atoms with Crippen LogP contribution in [-0.4, -0.2) is 35.6 Å². The maximum Gasteiger partial charge on any atom is 0.129 e. The SMILES string of the molecule is CCCCCn1cnc(-c2ccc(Cl)nc2)c1C.Cc1c(-c2ccc(Cl)nc2)ncn1CCCCN. The molecule has 4 aromatic heterocycles. The lowest BCUT2D eigenvalue weighted by molar-refractivity contribution is 0.593. The van der Waals surface area contributed by atoms with Gasteiger partial charge < -0.3 is 14.9 Å². The summed E-state index contributed by atoms with van der Waals surface area (Å²) >= 11 is 11.6. The molecule has 0 bridgehead atoms. The minimum Gasteiger partial charge on any atom is -0.334 e. The smallest absolute Gasteiger partial charge is 0.129 e. The van der Waals surface area contributed by atoms with Gasteiger partial charge in [-0.15, -0.1) is 0 Å². The van der Waals surface area contributed by atoms with Crippen LogP contribution in [0.4, 0.5) is 0 Å². The van der Waals surface area contributed by atoms with Crippen LogP contribution in [0.1, 0.15) is 50.4 Å². The van der Waals surface area contributed by atoms with E-state index in [0.29, 0.717) is 10.3 Å². The van der Waals surface area contributed by atoms with E-state index in [9.17, 15) is 0 Å². The minimum absolute atomic E-state index is 0.499. The molecule has 0 unspecified atom stereocenters. The van der Waals surface area contributed by atoms with Gasteiger partial charge in [-0.25, -0.2) is 19.9 Å². The summed E-state index contributed by atoms with van der Waals surface area (Å²) in [6.07, 6.45) is 13.1. The normalized spacial score (nSPS) is 10.8. The van der Waals surface area contributed by atoms with Crippen LogP contribution >= 0.6 is 23.2 Å². The molecule has 0 atom stereocenters. The second-order valence-corrected chi connectivity index (χ2v) is 9.46. The molecule has 0 fully saturated rings. The number of nitrogens with two attached hydrogens (primary N) is 1. The molecule has 4 aromatic rings. The molecule has 192 valence electrons. The van der Waals surface area contributed by atoms with E-state index in [2.05, 4.69) is 49.8 Å². The van der Waals surface area contributed by atoms with Crippen molar-refractivity contribution >= 4 is 23.2 Å². The highest BCUT2D eigenvalue weighted by Crippen LogP contribution is 2.23. The van der Waals surface area contributed by atoms with Crippen LogP contribution in [0.25, 0.3) is 22.5 Å². The number of hydrogen-bond donors (Lipinski definition) is 1. The molecule has 4 rings (SSSR count). The zero-order chi connectivity index (χ0) is 25.9. The molecule has 7 nitrogen and oxygen atoms in total. The summed E-state index contributed by atoms with van der Waals surface area (Å²) in [5.74, 6) is 0. The standard InChI is InChI=1S/C14H18ClN3.C13H17ClN4/c1-3-4-5-8-18-10-17-14(11(18)2)12-6-7-13(15)16-9-12;1-10-13(11-4-5-12(14)16-8-11)17-9-18(10)7-3-2-6-15/h6-7,9-10H,3-5,8H2,1-2H3;4-5,8-9H,2-3,6-7,15H2,1H3. The first-order valence-corrected chi connectivity index (χ1v) is 13.2. The highest BCUT2D eigenvalue weighted by Gasteiger charge is 2.10. The fourth-order valence-corrected chi connectivity index (χ4v) is 4.12. The van der Waals surface area contributed by atoms with Gasteiger partial charge in [0.2, 0.25) is 0 Å². The fourth-order valence-electron chi connectivity index (χ4n) is 3.90. The number of nitrogens with zero attached hydrogens (tertiary/aromatic N) is 6. The van der Waals surface area contributed by atoms with E-state index in [0.717, 1.165) is 60.7 Å². The zero-order valence-corrected chi connectivity index (χ0v) is 22.8. The molecule has 0 radical (unpaired) electrons. The maximum atomic E-state index is 5.79.